The number of hydrogen-bond acceptors (Lipinski definition) is 6. The number of likely N-dealkylation sites (N-methyl/N-ethyl adjacent to an activating group) is 4. The second-order valence-electron chi connectivity index (χ2n) is 7.54. The van der Waals surface area contributed by atoms with Crippen LogP contribution in [0.3, 0.4) is 0 Å². The minimum absolute atomic E-state index is 0.0525. The topological polar surface area (TPSA) is 87.6 Å². The van der Waals surface area contributed by atoms with Crippen LogP contribution in [0.15, 0.2) is 0 Å². The zero-order valence-electron chi connectivity index (χ0n) is 20.6. The molecule has 0 bridgehead atoms. The summed E-state index contributed by atoms with van der Waals surface area (Å²) in [6, 6.07) is 0. The van der Waals surface area contributed by atoms with Gasteiger partial charge in [0.15, 0.2) is 0 Å². The Morgan fingerprint density at radius 2 is 0.839 bits per heavy atom. The highest BCUT2D eigenvalue weighted by molar-refractivity contribution is 5.78. The normalized spacial score (nSPS) is 11.4. The lowest BCUT2D eigenvalue weighted by Crippen LogP contribution is -2.46. The molecule has 0 spiro atoms. The molecule has 0 aromatic carbocycles. The zero-order valence-corrected chi connectivity index (χ0v) is 20.6. The Kier molecular flexibility index (Phi) is 16.0. The minimum atomic E-state index is -0.871. The molecule has 0 aliphatic rings. The third kappa shape index (κ3) is 12.0. The summed E-state index contributed by atoms with van der Waals surface area (Å²) in [5.41, 5.74) is 0. The summed E-state index contributed by atoms with van der Waals surface area (Å²) >= 11 is 0. The summed E-state index contributed by atoms with van der Waals surface area (Å²) in [5, 5.41) is 9.30. The molecule has 0 radical (unpaired) electrons. The molecule has 182 valence electrons. The van der Waals surface area contributed by atoms with Gasteiger partial charge in [0.25, 0.3) is 0 Å². The first-order valence-corrected chi connectivity index (χ1v) is 11.7. The molecule has 0 atom stereocenters. The van der Waals surface area contributed by atoms with Gasteiger partial charge in [-0.3, -0.25) is 29.1 Å². The van der Waals surface area contributed by atoms with Gasteiger partial charge in [-0.25, -0.2) is 0 Å². The van der Waals surface area contributed by atoms with Crippen molar-refractivity contribution in [2.45, 2.75) is 41.5 Å². The van der Waals surface area contributed by atoms with Gasteiger partial charge in [-0.05, 0) is 40.8 Å². The molecule has 0 aromatic heterocycles. The van der Waals surface area contributed by atoms with Gasteiger partial charge >= 0.3 is 5.97 Å². The lowest BCUT2D eigenvalue weighted by atomic mass is 10.3. The second-order valence-corrected chi connectivity index (χ2v) is 7.54. The largest absolute Gasteiger partial charge is 0.480 e. The van der Waals surface area contributed by atoms with Crippen LogP contribution < -0.4 is 0 Å². The van der Waals surface area contributed by atoms with E-state index in [-0.39, 0.29) is 18.4 Å². The van der Waals surface area contributed by atoms with Gasteiger partial charge in [-0.1, -0.05) is 13.8 Å². The first-order chi connectivity index (χ1) is 14.8. The fourth-order valence-corrected chi connectivity index (χ4v) is 3.46. The second kappa shape index (κ2) is 16.9. The number of aliphatic carboxylic acids is 1. The van der Waals surface area contributed by atoms with Gasteiger partial charge in [-0.2, -0.15) is 0 Å². The standard InChI is InChI=1S/C22H45N5O4/c1-7-23(17-20(28)26(9-3)10-4)13-15-25(19-22(30)31)16-14-24(8-2)18-21(29)27(11-5)12-6/h7-19H2,1-6H3,(H,30,31). The van der Waals surface area contributed by atoms with Gasteiger partial charge in [-0.15, -0.1) is 0 Å². The highest BCUT2D eigenvalue weighted by atomic mass is 16.4. The lowest BCUT2D eigenvalue weighted by Gasteiger charge is -2.30. The van der Waals surface area contributed by atoms with Crippen molar-refractivity contribution in [1.29, 1.82) is 0 Å². The van der Waals surface area contributed by atoms with Crippen molar-refractivity contribution in [1.82, 2.24) is 24.5 Å². The highest BCUT2D eigenvalue weighted by Crippen LogP contribution is 2.00. The fourth-order valence-electron chi connectivity index (χ4n) is 3.46. The lowest BCUT2D eigenvalue weighted by molar-refractivity contribution is -0.139. The Labute approximate surface area is 188 Å². The molecule has 9 heteroatoms. The first kappa shape index (κ1) is 29.3. The summed E-state index contributed by atoms with van der Waals surface area (Å²) in [4.78, 5) is 45.7. The van der Waals surface area contributed by atoms with E-state index in [2.05, 4.69) is 9.80 Å². The molecule has 1 N–H and O–H groups in total. The van der Waals surface area contributed by atoms with Gasteiger partial charge < -0.3 is 14.9 Å². The van der Waals surface area contributed by atoms with E-state index in [4.69, 9.17) is 0 Å². The van der Waals surface area contributed by atoms with Crippen molar-refractivity contribution in [3.05, 3.63) is 0 Å². The van der Waals surface area contributed by atoms with Crippen LogP contribution in [0, 0.1) is 0 Å². The molecule has 0 aromatic rings. The molecule has 31 heavy (non-hydrogen) atoms. The predicted molar refractivity (Wildman–Crippen MR) is 124 cm³/mol. The quantitative estimate of drug-likeness (QED) is 0.334. The van der Waals surface area contributed by atoms with E-state index >= 15 is 0 Å². The molecule has 0 saturated carbocycles. The Morgan fingerprint density at radius 1 is 0.516 bits per heavy atom. The van der Waals surface area contributed by atoms with Gasteiger partial charge in [0, 0.05) is 52.4 Å². The maximum Gasteiger partial charge on any atom is 0.317 e. The van der Waals surface area contributed by atoms with Crippen molar-refractivity contribution in [2.75, 3.05) is 85.1 Å². The summed E-state index contributed by atoms with van der Waals surface area (Å²) in [6.07, 6.45) is 0. The Morgan fingerprint density at radius 3 is 1.10 bits per heavy atom. The summed E-state index contributed by atoms with van der Waals surface area (Å²) < 4.78 is 0. The van der Waals surface area contributed by atoms with E-state index in [0.29, 0.717) is 65.4 Å². The van der Waals surface area contributed by atoms with E-state index in [1.807, 2.05) is 56.2 Å². The molecule has 0 rings (SSSR count). The molecular weight excluding hydrogens is 398 g/mol. The maximum absolute atomic E-state index is 12.4. The molecule has 9 nitrogen and oxygen atoms in total. The third-order valence-electron chi connectivity index (χ3n) is 5.67. The maximum atomic E-state index is 12.4. The van der Waals surface area contributed by atoms with Gasteiger partial charge in [0.2, 0.25) is 11.8 Å². The average Bonchev–Trinajstić information content (AvgIpc) is 2.74. The fraction of sp³-hybridized carbons (Fsp3) is 0.864. The van der Waals surface area contributed by atoms with E-state index in [0.717, 1.165) is 13.1 Å². The third-order valence-corrected chi connectivity index (χ3v) is 5.67. The van der Waals surface area contributed by atoms with Crippen LogP contribution in [0.5, 0.6) is 0 Å². The number of rotatable bonds is 18. The minimum Gasteiger partial charge on any atom is -0.480 e. The first-order valence-electron chi connectivity index (χ1n) is 11.7. The van der Waals surface area contributed by atoms with Crippen LogP contribution in [0.4, 0.5) is 0 Å². The van der Waals surface area contributed by atoms with Crippen molar-refractivity contribution in [2.24, 2.45) is 0 Å². The van der Waals surface area contributed by atoms with Crippen molar-refractivity contribution < 1.29 is 19.5 Å². The summed E-state index contributed by atoms with van der Waals surface area (Å²) in [7, 11) is 0. The Bertz CT molecular complexity index is 486. The van der Waals surface area contributed by atoms with E-state index in [9.17, 15) is 19.5 Å². The number of carboxylic acids is 1. The van der Waals surface area contributed by atoms with Crippen molar-refractivity contribution in [3.63, 3.8) is 0 Å². The smallest absolute Gasteiger partial charge is 0.317 e. The summed E-state index contributed by atoms with van der Waals surface area (Å²) in [5.74, 6) is -0.669. The molecule has 0 saturated heterocycles. The van der Waals surface area contributed by atoms with Crippen molar-refractivity contribution >= 4 is 17.8 Å². The molecule has 0 aliphatic carbocycles. The van der Waals surface area contributed by atoms with E-state index in [1.165, 1.54) is 0 Å². The number of nitrogens with zero attached hydrogens (tertiary/aromatic N) is 5. The summed E-state index contributed by atoms with van der Waals surface area (Å²) in [6.45, 7) is 19.1. The monoisotopic (exact) mass is 443 g/mol. The van der Waals surface area contributed by atoms with Crippen LogP contribution in [-0.2, 0) is 14.4 Å². The number of carbonyl (C=O) groups excluding carboxylic acids is 2. The highest BCUT2D eigenvalue weighted by Gasteiger charge is 2.18. The molecule has 2 amide bonds. The van der Waals surface area contributed by atoms with Crippen LogP contribution in [0.2, 0.25) is 0 Å². The molecule has 0 aliphatic heterocycles. The van der Waals surface area contributed by atoms with Gasteiger partial charge in [0.05, 0.1) is 19.6 Å². The SMILES string of the molecule is CCN(CCN(CCN(CC)CC(=O)N(CC)CC)CC(=O)O)CC(=O)N(CC)CC. The predicted octanol–water partition coefficient (Wildman–Crippen LogP) is 0.754. The van der Waals surface area contributed by atoms with Crippen LogP contribution >= 0.6 is 0 Å². The molecule has 0 unspecified atom stereocenters. The molecule has 0 heterocycles. The van der Waals surface area contributed by atoms with Crippen LogP contribution in [0.25, 0.3) is 0 Å². The number of carboxylic acid groups (broad SMARTS) is 1. The Balaban J connectivity index is 4.81. The average molecular weight is 444 g/mol. The zero-order chi connectivity index (χ0) is 23.8. The van der Waals surface area contributed by atoms with Crippen molar-refractivity contribution in [3.8, 4) is 0 Å². The van der Waals surface area contributed by atoms with Crippen LogP contribution in [-0.4, -0.2) is 132 Å². The Hall–Kier alpha value is -1.71. The van der Waals surface area contributed by atoms with E-state index < -0.39 is 5.97 Å². The van der Waals surface area contributed by atoms with Gasteiger partial charge in [0.1, 0.15) is 0 Å². The van der Waals surface area contributed by atoms with Crippen LogP contribution in [0.1, 0.15) is 41.5 Å². The molecular formula is C22H45N5O4. The van der Waals surface area contributed by atoms with E-state index in [1.54, 1.807) is 0 Å². The number of amides is 2. The molecule has 0 fully saturated rings. The number of hydrogen-bond donors (Lipinski definition) is 1. The number of carbonyl (C=O) groups is 3.